The summed E-state index contributed by atoms with van der Waals surface area (Å²) in [7, 11) is 0. The third-order valence-electron chi connectivity index (χ3n) is 7.45. The summed E-state index contributed by atoms with van der Waals surface area (Å²) < 4.78 is 40.2. The van der Waals surface area contributed by atoms with Gasteiger partial charge >= 0.3 is 6.18 Å². The molecule has 210 valence electrons. The van der Waals surface area contributed by atoms with Crippen LogP contribution in [0.5, 0.6) is 0 Å². The second kappa shape index (κ2) is 12.5. The average molecular weight is 553 g/mol. The number of carbonyl (C=O) groups excluding carboxylic acids is 3. The van der Waals surface area contributed by atoms with E-state index in [0.717, 1.165) is 49.0 Å². The Hall–Kier alpha value is -3.97. The molecule has 40 heavy (non-hydrogen) atoms. The first kappa shape index (κ1) is 29.0. The molecule has 1 fully saturated rings. The quantitative estimate of drug-likeness (QED) is 0.332. The van der Waals surface area contributed by atoms with Crippen molar-refractivity contribution in [3.05, 3.63) is 76.4 Å². The molecule has 0 atom stereocenters. The molecule has 2 aromatic carbocycles. The molecule has 7 nitrogen and oxygen atoms in total. The lowest BCUT2D eigenvalue weighted by Crippen LogP contribution is -2.49. The van der Waals surface area contributed by atoms with Gasteiger partial charge in [-0.25, -0.2) is 4.90 Å². The Morgan fingerprint density at radius 2 is 1.65 bits per heavy atom. The number of hydrogen-bond donors (Lipinski definition) is 0. The van der Waals surface area contributed by atoms with Gasteiger partial charge in [0.1, 0.15) is 0 Å². The number of carbonyl (C=O) groups is 3. The van der Waals surface area contributed by atoms with Gasteiger partial charge in [0.2, 0.25) is 5.91 Å². The Morgan fingerprint density at radius 1 is 0.950 bits per heavy atom. The topological polar surface area (TPSA) is 84.7 Å². The first-order chi connectivity index (χ1) is 19.1. The van der Waals surface area contributed by atoms with Gasteiger partial charge in [-0.1, -0.05) is 36.8 Å². The largest absolute Gasteiger partial charge is 0.417 e. The summed E-state index contributed by atoms with van der Waals surface area (Å²) in [6.07, 6.45) is -1.65. The monoisotopic (exact) mass is 552 g/mol. The molecule has 4 rings (SSSR count). The minimum absolute atomic E-state index is 0.134. The van der Waals surface area contributed by atoms with Crippen LogP contribution in [0.4, 0.5) is 18.9 Å². The van der Waals surface area contributed by atoms with E-state index in [2.05, 4.69) is 4.90 Å². The molecule has 0 unspecified atom stereocenters. The van der Waals surface area contributed by atoms with Crippen molar-refractivity contribution in [1.29, 1.82) is 5.26 Å². The Labute approximate surface area is 231 Å². The van der Waals surface area contributed by atoms with Gasteiger partial charge < -0.3 is 4.90 Å². The van der Waals surface area contributed by atoms with Gasteiger partial charge in [0.15, 0.2) is 0 Å². The fourth-order valence-corrected chi connectivity index (χ4v) is 5.13. The molecule has 0 aromatic heterocycles. The van der Waals surface area contributed by atoms with Crippen molar-refractivity contribution >= 4 is 23.4 Å². The van der Waals surface area contributed by atoms with Crippen molar-refractivity contribution in [2.24, 2.45) is 0 Å². The van der Waals surface area contributed by atoms with Crippen LogP contribution >= 0.6 is 0 Å². The van der Waals surface area contributed by atoms with Crippen LogP contribution in [0.15, 0.2) is 59.7 Å². The normalized spacial score (nSPS) is 16.6. The third-order valence-corrected chi connectivity index (χ3v) is 7.45. The van der Waals surface area contributed by atoms with E-state index in [1.54, 1.807) is 0 Å². The van der Waals surface area contributed by atoms with E-state index < -0.39 is 29.1 Å². The van der Waals surface area contributed by atoms with Crippen molar-refractivity contribution < 1.29 is 27.6 Å². The van der Waals surface area contributed by atoms with Crippen LogP contribution in [-0.4, -0.2) is 60.2 Å². The molecule has 2 aliphatic rings. The van der Waals surface area contributed by atoms with Gasteiger partial charge in [-0.15, -0.1) is 0 Å². The summed E-state index contributed by atoms with van der Waals surface area (Å²) >= 11 is 0. The van der Waals surface area contributed by atoms with Crippen molar-refractivity contribution in [3.8, 4) is 6.07 Å². The summed E-state index contributed by atoms with van der Waals surface area (Å²) in [4.78, 5) is 43.3. The second-order valence-electron chi connectivity index (χ2n) is 10.1. The van der Waals surface area contributed by atoms with Gasteiger partial charge in [0, 0.05) is 37.3 Å². The number of alkyl halides is 3. The number of nitrogens with zero attached hydrogens (tertiary/aromatic N) is 4. The maximum Gasteiger partial charge on any atom is 0.417 e. The zero-order chi connectivity index (χ0) is 28.9. The minimum atomic E-state index is -4.79. The molecular weight excluding hydrogens is 521 g/mol. The Morgan fingerprint density at radius 3 is 2.30 bits per heavy atom. The third kappa shape index (κ3) is 6.59. The fraction of sp³-hybridized carbons (Fsp3) is 0.400. The number of rotatable bonds is 9. The zero-order valence-electron chi connectivity index (χ0n) is 22.3. The molecule has 0 bridgehead atoms. The highest BCUT2D eigenvalue weighted by atomic mass is 19.4. The maximum absolute atomic E-state index is 13.4. The smallest absolute Gasteiger partial charge is 0.340 e. The lowest BCUT2D eigenvalue weighted by atomic mass is 10.0. The van der Waals surface area contributed by atoms with Gasteiger partial charge in [-0.05, 0) is 56.5 Å². The van der Waals surface area contributed by atoms with Crippen LogP contribution in [0.2, 0.25) is 0 Å². The van der Waals surface area contributed by atoms with E-state index in [1.807, 2.05) is 35.2 Å². The summed E-state index contributed by atoms with van der Waals surface area (Å²) in [6.45, 7) is 5.37. The number of anilines is 1. The summed E-state index contributed by atoms with van der Waals surface area (Å²) in [5.74, 6) is -1.12. The van der Waals surface area contributed by atoms with Crippen LogP contribution in [0.1, 0.15) is 49.3 Å². The van der Waals surface area contributed by atoms with Crippen molar-refractivity contribution in [2.45, 2.75) is 45.2 Å². The predicted octanol–water partition coefficient (Wildman–Crippen LogP) is 4.71. The average Bonchev–Trinajstić information content (AvgIpc) is 3.15. The molecule has 0 saturated carbocycles. The highest BCUT2D eigenvalue weighted by molar-refractivity contribution is 6.32. The summed E-state index contributed by atoms with van der Waals surface area (Å²) in [6, 6.07) is 14.0. The van der Waals surface area contributed by atoms with Crippen LogP contribution in [0.3, 0.4) is 0 Å². The Balaban J connectivity index is 1.22. The maximum atomic E-state index is 13.4. The second-order valence-corrected chi connectivity index (χ2v) is 10.1. The molecule has 10 heteroatoms. The SMILES string of the molecule is CC1=C(CCCCCN2CCN(C(=O)Cc3ccccc3)CC2)C(=O)N(c2ccc(C#N)c(C(F)(F)F)c2)C1=O. The first-order valence-electron chi connectivity index (χ1n) is 13.3. The van der Waals surface area contributed by atoms with E-state index in [1.165, 1.54) is 19.1 Å². The molecule has 0 radical (unpaired) electrons. The van der Waals surface area contributed by atoms with Gasteiger partial charge in [0.05, 0.1) is 29.3 Å². The highest BCUT2D eigenvalue weighted by Crippen LogP contribution is 2.37. The molecule has 2 aliphatic heterocycles. The van der Waals surface area contributed by atoms with Crippen molar-refractivity contribution in [2.75, 3.05) is 37.6 Å². The van der Waals surface area contributed by atoms with Crippen LogP contribution in [-0.2, 0) is 27.0 Å². The molecule has 2 aromatic rings. The van der Waals surface area contributed by atoms with E-state index in [0.29, 0.717) is 44.0 Å². The summed E-state index contributed by atoms with van der Waals surface area (Å²) in [5.41, 5.74) is -0.389. The van der Waals surface area contributed by atoms with E-state index >= 15 is 0 Å². The van der Waals surface area contributed by atoms with Crippen molar-refractivity contribution in [1.82, 2.24) is 9.80 Å². The lowest BCUT2D eigenvalue weighted by Gasteiger charge is -2.34. The number of amides is 3. The number of hydrogen-bond acceptors (Lipinski definition) is 5. The van der Waals surface area contributed by atoms with Crippen LogP contribution in [0.25, 0.3) is 0 Å². The number of halogens is 3. The van der Waals surface area contributed by atoms with Gasteiger partial charge in [0.25, 0.3) is 11.8 Å². The number of unbranched alkanes of at least 4 members (excludes halogenated alkanes) is 2. The number of benzene rings is 2. The Kier molecular flexibility index (Phi) is 9.05. The van der Waals surface area contributed by atoms with E-state index in [9.17, 15) is 27.6 Å². The highest BCUT2D eigenvalue weighted by Gasteiger charge is 2.39. The van der Waals surface area contributed by atoms with E-state index in [4.69, 9.17) is 5.26 Å². The molecular formula is C30H31F3N4O3. The molecule has 1 saturated heterocycles. The van der Waals surface area contributed by atoms with Gasteiger partial charge in [-0.2, -0.15) is 18.4 Å². The fourth-order valence-electron chi connectivity index (χ4n) is 5.13. The standard InChI is InChI=1S/C30H31F3N4O3/c1-21-25(29(40)37(28(21)39)24-12-11-23(20-34)26(19-24)30(31,32)33)10-6-3-7-13-35-14-16-36(17-15-35)27(38)18-22-8-4-2-5-9-22/h2,4-5,8-9,11-12,19H,3,6-7,10,13-18H2,1H3. The summed E-state index contributed by atoms with van der Waals surface area (Å²) in [5, 5.41) is 9.01. The zero-order valence-corrected chi connectivity index (χ0v) is 22.3. The molecule has 0 spiro atoms. The molecule has 2 heterocycles. The number of nitriles is 1. The number of imide groups is 1. The molecule has 0 aliphatic carbocycles. The Bertz CT molecular complexity index is 1340. The van der Waals surface area contributed by atoms with E-state index in [-0.39, 0.29) is 17.2 Å². The van der Waals surface area contributed by atoms with Gasteiger partial charge in [-0.3, -0.25) is 19.3 Å². The number of piperazine rings is 1. The van der Waals surface area contributed by atoms with Crippen molar-refractivity contribution in [3.63, 3.8) is 0 Å². The molecule has 0 N–H and O–H groups in total. The minimum Gasteiger partial charge on any atom is -0.340 e. The first-order valence-corrected chi connectivity index (χ1v) is 13.3. The lowest BCUT2D eigenvalue weighted by molar-refractivity contribution is -0.138. The molecule has 3 amide bonds. The predicted molar refractivity (Wildman–Crippen MR) is 143 cm³/mol. The van der Waals surface area contributed by atoms with Crippen LogP contribution < -0.4 is 4.90 Å². The van der Waals surface area contributed by atoms with Crippen LogP contribution in [0, 0.1) is 11.3 Å².